The van der Waals surface area contributed by atoms with Gasteiger partial charge in [-0.15, -0.1) is 24.0 Å². The van der Waals surface area contributed by atoms with Crippen molar-refractivity contribution in [3.63, 3.8) is 0 Å². The average molecular weight is 412 g/mol. The molecule has 0 spiro atoms. The fourth-order valence-corrected chi connectivity index (χ4v) is 2.74. The third-order valence-corrected chi connectivity index (χ3v) is 3.84. The van der Waals surface area contributed by atoms with Gasteiger partial charge in [0.25, 0.3) is 0 Å². The lowest BCUT2D eigenvalue weighted by molar-refractivity contribution is -0.138. The van der Waals surface area contributed by atoms with Crippen molar-refractivity contribution in [3.05, 3.63) is 0 Å². The number of nitrogens with one attached hydrogen (secondary N) is 2. The fourth-order valence-electron chi connectivity index (χ4n) is 2.74. The third kappa shape index (κ3) is 5.98. The number of carbonyl (C=O) groups is 1. The van der Waals surface area contributed by atoms with E-state index >= 15 is 0 Å². The number of carbonyl (C=O) groups excluding carboxylic acids is 1. The van der Waals surface area contributed by atoms with E-state index in [1.54, 1.807) is 19.1 Å². The summed E-state index contributed by atoms with van der Waals surface area (Å²) in [6.07, 6.45) is 4.14. The Morgan fingerprint density at radius 2 is 1.90 bits per heavy atom. The molecule has 0 aromatic carbocycles. The van der Waals surface area contributed by atoms with Crippen LogP contribution in [0, 0.1) is 5.41 Å². The summed E-state index contributed by atoms with van der Waals surface area (Å²) in [6.45, 7) is 1.96. The number of halogens is 1. The van der Waals surface area contributed by atoms with Crippen molar-refractivity contribution in [2.45, 2.75) is 25.7 Å². The summed E-state index contributed by atoms with van der Waals surface area (Å²) >= 11 is 0. The van der Waals surface area contributed by atoms with Gasteiger partial charge < -0.3 is 20.3 Å². The van der Waals surface area contributed by atoms with Gasteiger partial charge in [0.1, 0.15) is 0 Å². The summed E-state index contributed by atoms with van der Waals surface area (Å²) in [5.74, 6) is 0.940. The van der Waals surface area contributed by atoms with Crippen molar-refractivity contribution in [2.75, 3.05) is 47.9 Å². The van der Waals surface area contributed by atoms with Gasteiger partial charge in [0, 0.05) is 41.3 Å². The van der Waals surface area contributed by atoms with Crippen LogP contribution in [0.3, 0.4) is 0 Å². The first-order valence-corrected chi connectivity index (χ1v) is 7.21. The summed E-state index contributed by atoms with van der Waals surface area (Å²) in [6, 6.07) is 0. The molecule has 1 aliphatic carbocycles. The normalized spacial score (nSPS) is 17.0. The molecule has 6 nitrogen and oxygen atoms in total. The average Bonchev–Trinajstić information content (AvgIpc) is 2.91. The molecule has 1 aliphatic rings. The van der Waals surface area contributed by atoms with Crippen LogP contribution in [-0.4, -0.2) is 64.7 Å². The van der Waals surface area contributed by atoms with Crippen molar-refractivity contribution in [2.24, 2.45) is 10.4 Å². The molecule has 0 atom stereocenters. The highest BCUT2D eigenvalue weighted by Gasteiger charge is 2.42. The molecule has 0 unspecified atom stereocenters. The molecule has 1 rings (SSSR count). The first-order valence-electron chi connectivity index (χ1n) is 7.21. The lowest BCUT2D eigenvalue weighted by atomic mass is 9.84. The van der Waals surface area contributed by atoms with Crippen molar-refractivity contribution in [1.29, 1.82) is 0 Å². The first-order chi connectivity index (χ1) is 9.55. The van der Waals surface area contributed by atoms with E-state index in [2.05, 4.69) is 15.6 Å². The van der Waals surface area contributed by atoms with E-state index in [4.69, 9.17) is 4.74 Å². The molecule has 1 saturated carbocycles. The molecular weight excluding hydrogens is 383 g/mol. The van der Waals surface area contributed by atoms with Crippen LogP contribution in [0.2, 0.25) is 0 Å². The number of nitrogens with zero attached hydrogens (tertiary/aromatic N) is 2. The number of guanidine groups is 1. The van der Waals surface area contributed by atoms with Crippen molar-refractivity contribution in [1.82, 2.24) is 15.5 Å². The van der Waals surface area contributed by atoms with Gasteiger partial charge in [-0.3, -0.25) is 9.79 Å². The summed E-state index contributed by atoms with van der Waals surface area (Å²) in [7, 11) is 7.06. The second kappa shape index (κ2) is 10.2. The second-order valence-corrected chi connectivity index (χ2v) is 5.53. The Balaban J connectivity index is 0.00000400. The third-order valence-electron chi connectivity index (χ3n) is 3.84. The molecule has 1 fully saturated rings. The van der Waals surface area contributed by atoms with E-state index in [0.29, 0.717) is 19.7 Å². The zero-order valence-corrected chi connectivity index (χ0v) is 15.9. The van der Waals surface area contributed by atoms with E-state index in [-0.39, 0.29) is 35.3 Å². The van der Waals surface area contributed by atoms with Crippen LogP contribution >= 0.6 is 24.0 Å². The molecule has 21 heavy (non-hydrogen) atoms. The van der Waals surface area contributed by atoms with Crippen LogP contribution < -0.4 is 10.6 Å². The van der Waals surface area contributed by atoms with Crippen LogP contribution in [0.1, 0.15) is 25.7 Å². The van der Waals surface area contributed by atoms with E-state index < -0.39 is 0 Å². The minimum Gasteiger partial charge on any atom is -0.383 e. The predicted octanol–water partition coefficient (Wildman–Crippen LogP) is 1.06. The largest absolute Gasteiger partial charge is 0.383 e. The molecule has 0 saturated heterocycles. The smallest absolute Gasteiger partial charge is 0.230 e. The van der Waals surface area contributed by atoms with Gasteiger partial charge in [-0.2, -0.15) is 0 Å². The summed E-state index contributed by atoms with van der Waals surface area (Å²) in [4.78, 5) is 18.3. The van der Waals surface area contributed by atoms with E-state index in [1.165, 1.54) is 0 Å². The van der Waals surface area contributed by atoms with Gasteiger partial charge >= 0.3 is 0 Å². The van der Waals surface area contributed by atoms with Gasteiger partial charge in [-0.1, -0.05) is 12.8 Å². The molecule has 7 heteroatoms. The molecular formula is C14H29IN4O2. The Morgan fingerprint density at radius 1 is 1.29 bits per heavy atom. The van der Waals surface area contributed by atoms with Crippen LogP contribution in [0.15, 0.2) is 4.99 Å². The molecule has 2 N–H and O–H groups in total. The highest BCUT2D eigenvalue weighted by molar-refractivity contribution is 14.0. The van der Waals surface area contributed by atoms with Crippen LogP contribution in [0.25, 0.3) is 0 Å². The Hall–Kier alpha value is -0.570. The standard InChI is InChI=1S/C14H28N4O2.HI/c1-15-13(16-9-10-20-4)17-11-14(7-5-6-8-14)12(19)18(2)3;/h5-11H2,1-4H3,(H2,15,16,17);1H. The zero-order valence-electron chi connectivity index (χ0n) is 13.6. The molecule has 124 valence electrons. The SMILES string of the molecule is CN=C(NCCOC)NCC1(C(=O)N(C)C)CCCC1.I. The second-order valence-electron chi connectivity index (χ2n) is 5.53. The van der Waals surface area contributed by atoms with Gasteiger partial charge in [0.05, 0.1) is 12.0 Å². The lowest BCUT2D eigenvalue weighted by Crippen LogP contribution is -2.49. The number of hydrogen-bond donors (Lipinski definition) is 2. The Labute approximate surface area is 145 Å². The minimum absolute atomic E-state index is 0. The number of hydrogen-bond acceptors (Lipinski definition) is 3. The highest BCUT2D eigenvalue weighted by Crippen LogP contribution is 2.38. The molecule has 0 aliphatic heterocycles. The van der Waals surface area contributed by atoms with E-state index in [1.807, 2.05) is 14.1 Å². The van der Waals surface area contributed by atoms with Gasteiger partial charge in [-0.05, 0) is 12.8 Å². The zero-order chi connectivity index (χ0) is 15.0. The Kier molecular flexibility index (Phi) is 9.93. The molecule has 0 heterocycles. The van der Waals surface area contributed by atoms with Crippen molar-refractivity contribution >= 4 is 35.8 Å². The summed E-state index contributed by atoms with van der Waals surface area (Å²) < 4.78 is 5.00. The fraction of sp³-hybridized carbons (Fsp3) is 0.857. The summed E-state index contributed by atoms with van der Waals surface area (Å²) in [5, 5.41) is 6.45. The van der Waals surface area contributed by atoms with Crippen molar-refractivity contribution < 1.29 is 9.53 Å². The number of ether oxygens (including phenoxy) is 1. The van der Waals surface area contributed by atoms with E-state index in [9.17, 15) is 4.79 Å². The highest BCUT2D eigenvalue weighted by atomic mass is 127. The predicted molar refractivity (Wildman–Crippen MR) is 96.3 cm³/mol. The molecule has 0 aromatic heterocycles. The Bertz CT molecular complexity index is 342. The topological polar surface area (TPSA) is 66.0 Å². The number of amides is 1. The van der Waals surface area contributed by atoms with Gasteiger partial charge in [0.2, 0.25) is 5.91 Å². The van der Waals surface area contributed by atoms with Gasteiger partial charge in [-0.25, -0.2) is 0 Å². The maximum absolute atomic E-state index is 12.4. The monoisotopic (exact) mass is 412 g/mol. The number of rotatable bonds is 6. The van der Waals surface area contributed by atoms with Gasteiger partial charge in [0.15, 0.2) is 5.96 Å². The Morgan fingerprint density at radius 3 is 2.38 bits per heavy atom. The maximum atomic E-state index is 12.4. The van der Waals surface area contributed by atoms with Crippen LogP contribution in [0.5, 0.6) is 0 Å². The number of aliphatic imine (C=N–C) groups is 1. The lowest BCUT2D eigenvalue weighted by Gasteiger charge is -2.31. The molecule has 0 radical (unpaired) electrons. The first kappa shape index (κ1) is 20.4. The number of methoxy groups -OCH3 is 1. The molecule has 0 aromatic rings. The summed E-state index contributed by atoms with van der Waals surface area (Å²) in [5.41, 5.74) is -0.275. The quantitative estimate of drug-likeness (QED) is 0.297. The molecule has 0 bridgehead atoms. The van der Waals surface area contributed by atoms with Crippen LogP contribution in [-0.2, 0) is 9.53 Å². The minimum atomic E-state index is -0.275. The van der Waals surface area contributed by atoms with Crippen molar-refractivity contribution in [3.8, 4) is 0 Å². The molecule has 1 amide bonds. The maximum Gasteiger partial charge on any atom is 0.230 e. The van der Waals surface area contributed by atoms with Crippen LogP contribution in [0.4, 0.5) is 0 Å². The van der Waals surface area contributed by atoms with E-state index in [0.717, 1.165) is 31.6 Å².